The standard InChI is InChI=1S/C14H22N4O/c19-11-12-4-5-14(16-15-12)18-9-6-13(10-18)17-7-2-1-3-8-17/h4-5,13,19H,1-3,6-11H2. The van der Waals surface area contributed by atoms with E-state index in [1.54, 1.807) is 0 Å². The van der Waals surface area contributed by atoms with Crippen molar-refractivity contribution in [2.45, 2.75) is 38.3 Å². The van der Waals surface area contributed by atoms with E-state index in [4.69, 9.17) is 5.11 Å². The van der Waals surface area contributed by atoms with Gasteiger partial charge in [0.2, 0.25) is 0 Å². The van der Waals surface area contributed by atoms with Crippen LogP contribution in [0.5, 0.6) is 0 Å². The van der Waals surface area contributed by atoms with Gasteiger partial charge in [-0.1, -0.05) is 6.42 Å². The van der Waals surface area contributed by atoms with Crippen LogP contribution in [0.3, 0.4) is 0 Å². The van der Waals surface area contributed by atoms with Gasteiger partial charge in [0.05, 0.1) is 12.3 Å². The first-order valence-corrected chi connectivity index (χ1v) is 7.29. The van der Waals surface area contributed by atoms with E-state index in [0.717, 1.165) is 18.9 Å². The minimum atomic E-state index is -0.0380. The number of hydrogen-bond donors (Lipinski definition) is 1. The first-order valence-electron chi connectivity index (χ1n) is 7.29. The van der Waals surface area contributed by atoms with Crippen molar-refractivity contribution in [3.63, 3.8) is 0 Å². The van der Waals surface area contributed by atoms with Crippen LogP contribution in [0.1, 0.15) is 31.4 Å². The summed E-state index contributed by atoms with van der Waals surface area (Å²) < 4.78 is 0. The maximum absolute atomic E-state index is 8.98. The van der Waals surface area contributed by atoms with E-state index in [1.165, 1.54) is 38.8 Å². The van der Waals surface area contributed by atoms with Gasteiger partial charge in [-0.05, 0) is 44.5 Å². The second-order valence-corrected chi connectivity index (χ2v) is 5.53. The smallest absolute Gasteiger partial charge is 0.151 e. The summed E-state index contributed by atoms with van der Waals surface area (Å²) in [6.45, 7) is 4.60. The van der Waals surface area contributed by atoms with Gasteiger partial charge in [-0.3, -0.25) is 4.90 Å². The SMILES string of the molecule is OCc1ccc(N2CCC(N3CCCCC3)C2)nn1. The fourth-order valence-electron chi connectivity index (χ4n) is 3.14. The molecular weight excluding hydrogens is 240 g/mol. The van der Waals surface area contributed by atoms with Crippen molar-refractivity contribution in [1.82, 2.24) is 15.1 Å². The summed E-state index contributed by atoms with van der Waals surface area (Å²) >= 11 is 0. The fourth-order valence-corrected chi connectivity index (χ4v) is 3.14. The molecule has 3 rings (SSSR count). The number of nitrogens with zero attached hydrogens (tertiary/aromatic N) is 4. The predicted octanol–water partition coefficient (Wildman–Crippen LogP) is 1.03. The summed E-state index contributed by atoms with van der Waals surface area (Å²) in [5.41, 5.74) is 0.635. The van der Waals surface area contributed by atoms with Gasteiger partial charge in [0.25, 0.3) is 0 Å². The highest BCUT2D eigenvalue weighted by Gasteiger charge is 2.29. The van der Waals surface area contributed by atoms with Crippen LogP contribution < -0.4 is 4.90 Å². The average molecular weight is 262 g/mol. The Kier molecular flexibility index (Phi) is 3.94. The monoisotopic (exact) mass is 262 g/mol. The number of aliphatic hydroxyl groups is 1. The molecule has 5 heteroatoms. The molecule has 2 saturated heterocycles. The lowest BCUT2D eigenvalue weighted by Crippen LogP contribution is -2.41. The lowest BCUT2D eigenvalue weighted by atomic mass is 10.1. The molecule has 0 bridgehead atoms. The molecule has 3 heterocycles. The summed E-state index contributed by atoms with van der Waals surface area (Å²) in [4.78, 5) is 4.95. The molecule has 0 saturated carbocycles. The van der Waals surface area contributed by atoms with Crippen molar-refractivity contribution in [1.29, 1.82) is 0 Å². The first kappa shape index (κ1) is 12.8. The molecule has 2 fully saturated rings. The molecule has 5 nitrogen and oxygen atoms in total. The fraction of sp³-hybridized carbons (Fsp3) is 0.714. The van der Waals surface area contributed by atoms with Crippen LogP contribution in [0.15, 0.2) is 12.1 Å². The van der Waals surface area contributed by atoms with E-state index in [2.05, 4.69) is 20.0 Å². The van der Waals surface area contributed by atoms with Gasteiger partial charge >= 0.3 is 0 Å². The van der Waals surface area contributed by atoms with Gasteiger partial charge in [-0.15, -0.1) is 5.10 Å². The Morgan fingerprint density at radius 2 is 1.95 bits per heavy atom. The maximum Gasteiger partial charge on any atom is 0.151 e. The Morgan fingerprint density at radius 3 is 2.63 bits per heavy atom. The highest BCUT2D eigenvalue weighted by atomic mass is 16.3. The van der Waals surface area contributed by atoms with E-state index >= 15 is 0 Å². The van der Waals surface area contributed by atoms with Crippen LogP contribution in [-0.2, 0) is 6.61 Å². The Morgan fingerprint density at radius 1 is 1.11 bits per heavy atom. The van der Waals surface area contributed by atoms with E-state index in [0.29, 0.717) is 11.7 Å². The highest BCUT2D eigenvalue weighted by molar-refractivity contribution is 5.39. The quantitative estimate of drug-likeness (QED) is 0.882. The van der Waals surface area contributed by atoms with Crippen molar-refractivity contribution in [3.05, 3.63) is 17.8 Å². The second-order valence-electron chi connectivity index (χ2n) is 5.53. The van der Waals surface area contributed by atoms with Gasteiger partial charge in [-0.25, -0.2) is 0 Å². The number of anilines is 1. The molecule has 1 N–H and O–H groups in total. The Labute approximate surface area is 114 Å². The Balaban J connectivity index is 1.61. The van der Waals surface area contributed by atoms with Gasteiger partial charge < -0.3 is 10.0 Å². The number of piperidine rings is 1. The summed E-state index contributed by atoms with van der Waals surface area (Å²) in [6.07, 6.45) is 5.31. The van der Waals surface area contributed by atoms with Crippen LogP contribution in [-0.4, -0.2) is 52.4 Å². The summed E-state index contributed by atoms with van der Waals surface area (Å²) in [6, 6.07) is 4.51. The summed E-state index contributed by atoms with van der Waals surface area (Å²) in [5, 5.41) is 17.2. The molecule has 104 valence electrons. The number of rotatable bonds is 3. The lowest BCUT2D eigenvalue weighted by molar-refractivity contribution is 0.174. The van der Waals surface area contributed by atoms with Crippen LogP contribution in [0.4, 0.5) is 5.82 Å². The number of aromatic nitrogens is 2. The summed E-state index contributed by atoms with van der Waals surface area (Å²) in [5.74, 6) is 0.941. The maximum atomic E-state index is 8.98. The van der Waals surface area contributed by atoms with Crippen LogP contribution >= 0.6 is 0 Å². The van der Waals surface area contributed by atoms with E-state index in [-0.39, 0.29) is 6.61 Å². The van der Waals surface area contributed by atoms with Crippen molar-refractivity contribution < 1.29 is 5.11 Å². The van der Waals surface area contributed by atoms with Crippen molar-refractivity contribution in [2.24, 2.45) is 0 Å². The zero-order valence-corrected chi connectivity index (χ0v) is 11.3. The molecule has 1 unspecified atom stereocenters. The van der Waals surface area contributed by atoms with Crippen LogP contribution in [0, 0.1) is 0 Å². The molecule has 0 aliphatic carbocycles. The van der Waals surface area contributed by atoms with Gasteiger partial charge in [0.1, 0.15) is 0 Å². The minimum Gasteiger partial charge on any atom is -0.390 e. The molecule has 0 radical (unpaired) electrons. The average Bonchev–Trinajstić information content (AvgIpc) is 2.98. The molecule has 2 aliphatic heterocycles. The minimum absolute atomic E-state index is 0.0380. The van der Waals surface area contributed by atoms with Gasteiger partial charge in [0.15, 0.2) is 5.82 Å². The van der Waals surface area contributed by atoms with Crippen LogP contribution in [0.25, 0.3) is 0 Å². The van der Waals surface area contributed by atoms with E-state index < -0.39 is 0 Å². The zero-order chi connectivity index (χ0) is 13.1. The molecule has 2 aliphatic rings. The molecule has 1 atom stereocenters. The first-order chi connectivity index (χ1) is 9.36. The largest absolute Gasteiger partial charge is 0.390 e. The Bertz CT molecular complexity index is 402. The van der Waals surface area contributed by atoms with Crippen molar-refractivity contribution >= 4 is 5.82 Å². The number of likely N-dealkylation sites (tertiary alicyclic amines) is 1. The number of aliphatic hydroxyl groups excluding tert-OH is 1. The van der Waals surface area contributed by atoms with Gasteiger partial charge in [0, 0.05) is 19.1 Å². The lowest BCUT2D eigenvalue weighted by Gasteiger charge is -2.32. The van der Waals surface area contributed by atoms with Crippen molar-refractivity contribution in [3.8, 4) is 0 Å². The molecule has 1 aromatic rings. The molecule has 0 aromatic carbocycles. The molecule has 19 heavy (non-hydrogen) atoms. The third-order valence-electron chi connectivity index (χ3n) is 4.26. The van der Waals surface area contributed by atoms with Crippen LogP contribution in [0.2, 0.25) is 0 Å². The topological polar surface area (TPSA) is 52.5 Å². The number of hydrogen-bond acceptors (Lipinski definition) is 5. The van der Waals surface area contributed by atoms with Gasteiger partial charge in [-0.2, -0.15) is 5.10 Å². The third-order valence-corrected chi connectivity index (χ3v) is 4.26. The molecular formula is C14H22N4O. The van der Waals surface area contributed by atoms with E-state index in [1.807, 2.05) is 12.1 Å². The predicted molar refractivity (Wildman–Crippen MR) is 74.0 cm³/mol. The van der Waals surface area contributed by atoms with Crippen molar-refractivity contribution in [2.75, 3.05) is 31.1 Å². The molecule has 1 aromatic heterocycles. The second kappa shape index (κ2) is 5.84. The van der Waals surface area contributed by atoms with E-state index in [9.17, 15) is 0 Å². The summed E-state index contributed by atoms with van der Waals surface area (Å²) in [7, 11) is 0. The Hall–Kier alpha value is -1.20. The zero-order valence-electron chi connectivity index (χ0n) is 11.3. The highest BCUT2D eigenvalue weighted by Crippen LogP contribution is 2.23. The normalized spacial score (nSPS) is 24.9. The molecule has 0 spiro atoms. The molecule has 0 amide bonds. The third kappa shape index (κ3) is 2.87.